The van der Waals surface area contributed by atoms with Crippen molar-refractivity contribution in [2.45, 2.75) is 11.3 Å². The van der Waals surface area contributed by atoms with Crippen molar-refractivity contribution in [1.29, 1.82) is 0 Å². The lowest BCUT2D eigenvalue weighted by molar-refractivity contribution is 0.630. The van der Waals surface area contributed by atoms with Gasteiger partial charge < -0.3 is 0 Å². The van der Waals surface area contributed by atoms with Crippen molar-refractivity contribution in [3.63, 3.8) is 0 Å². The molecular formula is C68H44N6. The van der Waals surface area contributed by atoms with E-state index in [1.807, 2.05) is 48.5 Å². The minimum absolute atomic E-state index is 0.0669. The maximum absolute atomic E-state index is 5.31. The first-order valence-corrected chi connectivity index (χ1v) is 25.0. The highest BCUT2D eigenvalue weighted by Gasteiger charge is 2.53. The van der Waals surface area contributed by atoms with Gasteiger partial charge in [0.15, 0.2) is 34.9 Å². The number of nitrogens with zero attached hydrogens (tertiary/aromatic N) is 6. The maximum Gasteiger partial charge on any atom is 0.164 e. The van der Waals surface area contributed by atoms with Crippen molar-refractivity contribution >= 4 is 0 Å². The van der Waals surface area contributed by atoms with E-state index in [1.165, 1.54) is 38.9 Å². The average Bonchev–Trinajstić information content (AvgIpc) is 3.51. The average molecular weight is 945 g/mol. The first-order chi connectivity index (χ1) is 36.7. The van der Waals surface area contributed by atoms with Gasteiger partial charge in [-0.15, -0.1) is 0 Å². The first kappa shape index (κ1) is 43.0. The van der Waals surface area contributed by atoms with Crippen LogP contribution < -0.4 is 0 Å². The fraction of sp³-hybridized carbons (Fsp3) is 0.0294. The van der Waals surface area contributed by atoms with Crippen LogP contribution in [0.25, 0.3) is 90.6 Å². The second-order valence-corrected chi connectivity index (χ2v) is 19.0. The molecule has 3 aliphatic carbocycles. The molecule has 0 saturated heterocycles. The van der Waals surface area contributed by atoms with Crippen LogP contribution in [0.5, 0.6) is 0 Å². The minimum Gasteiger partial charge on any atom is -0.208 e. The SMILES string of the molecule is c1ccc(-c2cccc(-c3nc(-c4ccccc4)nc(-c4ccc5c(c4)C4c6ccccc6C5(c5ccccc5)c5cc(-c6nc(-c7ccccc7)nc(-c7cccc(-c8ccccc8)c7)n6)ccc54)n3)c2)cc1. The molecule has 15 rings (SSSR count). The Morgan fingerprint density at radius 1 is 0.216 bits per heavy atom. The van der Waals surface area contributed by atoms with Crippen LogP contribution in [-0.4, -0.2) is 29.9 Å². The Balaban J connectivity index is 0.949. The van der Waals surface area contributed by atoms with Gasteiger partial charge in [0.1, 0.15) is 0 Å². The monoisotopic (exact) mass is 944 g/mol. The largest absolute Gasteiger partial charge is 0.208 e. The van der Waals surface area contributed by atoms with E-state index in [0.29, 0.717) is 34.9 Å². The van der Waals surface area contributed by atoms with Crippen LogP contribution in [-0.2, 0) is 5.41 Å². The van der Waals surface area contributed by atoms with Crippen LogP contribution in [0.1, 0.15) is 44.9 Å². The van der Waals surface area contributed by atoms with E-state index in [4.69, 9.17) is 29.9 Å². The molecule has 6 nitrogen and oxygen atoms in total. The predicted octanol–water partition coefficient (Wildman–Crippen LogP) is 15.6. The Hall–Kier alpha value is -9.78. The maximum atomic E-state index is 5.31. The summed E-state index contributed by atoms with van der Waals surface area (Å²) >= 11 is 0. The van der Waals surface area contributed by atoms with Gasteiger partial charge in [-0.1, -0.05) is 237 Å². The smallest absolute Gasteiger partial charge is 0.164 e. The highest BCUT2D eigenvalue weighted by atomic mass is 15.0. The molecule has 0 aliphatic heterocycles. The van der Waals surface area contributed by atoms with E-state index < -0.39 is 5.41 Å². The first-order valence-electron chi connectivity index (χ1n) is 25.0. The zero-order valence-electron chi connectivity index (χ0n) is 40.1. The molecule has 0 fully saturated rings. The van der Waals surface area contributed by atoms with Crippen molar-refractivity contribution in [3.8, 4) is 90.6 Å². The molecule has 10 aromatic carbocycles. The normalized spacial score (nSPS) is 14.9. The van der Waals surface area contributed by atoms with Gasteiger partial charge in [-0.2, -0.15) is 0 Å². The van der Waals surface area contributed by atoms with Crippen LogP contribution in [0.2, 0.25) is 0 Å². The molecule has 0 amide bonds. The standard InChI is InChI=1S/C68H44N6/c1-6-20-44(21-7-1)48-28-18-30-50(40-48)64-69-62(46-24-10-3-11-25-46)71-66(73-64)52-37-39-59-57(42-52)61-55-34-16-17-35-58(55)68(59,54-32-14-5-15-33-54)60-43-53(36-38-56(60)61)67-72-63(47-26-12-4-13-27-47)70-65(74-67)51-31-19-29-49(41-51)45-22-8-2-9-23-45/h1-43,61H. The van der Waals surface area contributed by atoms with E-state index in [2.05, 4.69) is 212 Å². The van der Waals surface area contributed by atoms with Crippen molar-refractivity contribution in [3.05, 3.63) is 300 Å². The Labute approximate surface area is 429 Å². The minimum atomic E-state index is -0.675. The molecule has 6 heteroatoms. The molecule has 2 heterocycles. The van der Waals surface area contributed by atoms with Crippen LogP contribution >= 0.6 is 0 Å². The second-order valence-electron chi connectivity index (χ2n) is 19.0. The zero-order valence-corrected chi connectivity index (χ0v) is 40.1. The summed E-state index contributed by atoms with van der Waals surface area (Å²) in [5.41, 5.74) is 18.0. The Morgan fingerprint density at radius 2 is 0.568 bits per heavy atom. The van der Waals surface area contributed by atoms with Crippen LogP contribution in [0.3, 0.4) is 0 Å². The molecule has 2 atom stereocenters. The summed E-state index contributed by atoms with van der Waals surface area (Å²) in [6, 6.07) is 91.9. The van der Waals surface area contributed by atoms with Gasteiger partial charge in [-0.05, 0) is 85.5 Å². The summed E-state index contributed by atoms with van der Waals surface area (Å²) in [6.07, 6.45) is 0. The molecule has 2 unspecified atom stereocenters. The molecule has 346 valence electrons. The number of aromatic nitrogens is 6. The lowest BCUT2D eigenvalue weighted by Gasteiger charge is -2.51. The quantitative estimate of drug-likeness (QED) is 0.143. The molecule has 0 spiro atoms. The van der Waals surface area contributed by atoms with Crippen molar-refractivity contribution in [2.24, 2.45) is 0 Å². The number of hydrogen-bond donors (Lipinski definition) is 0. The Morgan fingerprint density at radius 3 is 1.08 bits per heavy atom. The summed E-state index contributed by atoms with van der Waals surface area (Å²) in [6.45, 7) is 0. The van der Waals surface area contributed by atoms with E-state index in [0.717, 1.165) is 55.6 Å². The van der Waals surface area contributed by atoms with Gasteiger partial charge in [0.2, 0.25) is 0 Å². The highest BCUT2D eigenvalue weighted by Crippen LogP contribution is 2.62. The van der Waals surface area contributed by atoms with E-state index in [-0.39, 0.29) is 5.92 Å². The van der Waals surface area contributed by atoms with Gasteiger partial charge in [0, 0.05) is 39.3 Å². The molecule has 2 aromatic heterocycles. The van der Waals surface area contributed by atoms with Crippen LogP contribution in [0.15, 0.2) is 261 Å². The summed E-state index contributed by atoms with van der Waals surface area (Å²) in [4.78, 5) is 31.4. The summed E-state index contributed by atoms with van der Waals surface area (Å²) in [5.74, 6) is 3.65. The third-order valence-corrected chi connectivity index (χ3v) is 14.7. The molecule has 0 saturated carbocycles. The number of hydrogen-bond acceptors (Lipinski definition) is 6. The lowest BCUT2D eigenvalue weighted by Crippen LogP contribution is -2.43. The highest BCUT2D eigenvalue weighted by molar-refractivity contribution is 5.81. The topological polar surface area (TPSA) is 77.3 Å². The molecule has 0 radical (unpaired) electrons. The van der Waals surface area contributed by atoms with E-state index >= 15 is 0 Å². The van der Waals surface area contributed by atoms with Crippen LogP contribution in [0, 0.1) is 0 Å². The van der Waals surface area contributed by atoms with Gasteiger partial charge >= 0.3 is 0 Å². The second kappa shape index (κ2) is 17.8. The van der Waals surface area contributed by atoms with Gasteiger partial charge in [-0.3, -0.25) is 0 Å². The van der Waals surface area contributed by atoms with Crippen molar-refractivity contribution in [1.82, 2.24) is 29.9 Å². The predicted molar refractivity (Wildman–Crippen MR) is 296 cm³/mol. The summed E-state index contributed by atoms with van der Waals surface area (Å²) < 4.78 is 0. The third kappa shape index (κ3) is 7.26. The van der Waals surface area contributed by atoms with E-state index in [9.17, 15) is 0 Å². The lowest BCUT2D eigenvalue weighted by atomic mass is 9.50. The Bertz CT molecular complexity index is 4070. The summed E-state index contributed by atoms with van der Waals surface area (Å²) in [7, 11) is 0. The fourth-order valence-electron chi connectivity index (χ4n) is 11.4. The van der Waals surface area contributed by atoms with Crippen molar-refractivity contribution < 1.29 is 0 Å². The molecule has 74 heavy (non-hydrogen) atoms. The Kier molecular flexibility index (Phi) is 10.4. The third-order valence-electron chi connectivity index (χ3n) is 14.7. The summed E-state index contributed by atoms with van der Waals surface area (Å²) in [5, 5.41) is 0. The van der Waals surface area contributed by atoms with Gasteiger partial charge in [0.05, 0.1) is 5.41 Å². The number of rotatable bonds is 9. The molecule has 0 N–H and O–H groups in total. The van der Waals surface area contributed by atoms with E-state index in [1.54, 1.807) is 0 Å². The molecule has 12 aromatic rings. The molecular weight excluding hydrogens is 901 g/mol. The molecule has 2 bridgehead atoms. The molecule has 3 aliphatic rings. The fourth-order valence-corrected chi connectivity index (χ4v) is 11.4. The van der Waals surface area contributed by atoms with Gasteiger partial charge in [0.25, 0.3) is 0 Å². The van der Waals surface area contributed by atoms with Crippen LogP contribution in [0.4, 0.5) is 0 Å². The zero-order chi connectivity index (χ0) is 49.0. The van der Waals surface area contributed by atoms with Crippen molar-refractivity contribution in [2.75, 3.05) is 0 Å². The number of benzene rings is 10. The van der Waals surface area contributed by atoms with Gasteiger partial charge in [-0.25, -0.2) is 29.9 Å².